The number of hydrogen-bond donors (Lipinski definition) is 1. The molecule has 3 rings (SSSR count). The first-order valence-corrected chi connectivity index (χ1v) is 6.88. The second-order valence-electron chi connectivity index (χ2n) is 4.70. The zero-order valence-corrected chi connectivity index (χ0v) is 11.9. The lowest BCUT2D eigenvalue weighted by atomic mass is 10.2. The van der Waals surface area contributed by atoms with E-state index < -0.39 is 5.56 Å². The van der Waals surface area contributed by atoms with Gasteiger partial charge >= 0.3 is 0 Å². The van der Waals surface area contributed by atoms with Crippen molar-refractivity contribution in [1.29, 1.82) is 0 Å². The number of rotatable bonds is 2. The molecule has 7 heteroatoms. The smallest absolute Gasteiger partial charge is 0.285 e. The van der Waals surface area contributed by atoms with Crippen molar-refractivity contribution in [2.45, 2.75) is 0 Å². The topological polar surface area (TPSA) is 69.3 Å². The third-order valence-corrected chi connectivity index (χ3v) is 3.77. The zero-order valence-electron chi connectivity index (χ0n) is 11.1. The molecular formula is C14H13ClN4O2. The highest BCUT2D eigenvalue weighted by Crippen LogP contribution is 2.24. The highest BCUT2D eigenvalue weighted by Gasteiger charge is 2.26. The summed E-state index contributed by atoms with van der Waals surface area (Å²) in [6.07, 6.45) is 1.47. The van der Waals surface area contributed by atoms with Gasteiger partial charge in [-0.1, -0.05) is 29.8 Å². The van der Waals surface area contributed by atoms with E-state index in [-0.39, 0.29) is 17.5 Å². The molecule has 0 aliphatic carbocycles. The summed E-state index contributed by atoms with van der Waals surface area (Å²) >= 11 is 5.98. The second kappa shape index (κ2) is 5.57. The molecule has 21 heavy (non-hydrogen) atoms. The van der Waals surface area contributed by atoms with Crippen LogP contribution >= 0.6 is 11.6 Å². The molecule has 0 atom stereocenters. The lowest BCUT2D eigenvalue weighted by molar-refractivity contribution is -0.117. The summed E-state index contributed by atoms with van der Waals surface area (Å²) in [5.74, 6) is -0.0381. The molecule has 0 radical (unpaired) electrons. The number of aromatic amines is 1. The van der Waals surface area contributed by atoms with E-state index in [4.69, 9.17) is 11.6 Å². The minimum absolute atomic E-state index is 0.0381. The molecule has 1 aliphatic heterocycles. The number of H-pyrrole nitrogens is 1. The fraction of sp³-hybridized carbons (Fsp3) is 0.214. The van der Waals surface area contributed by atoms with Gasteiger partial charge in [0.25, 0.3) is 5.56 Å². The number of carbonyl (C=O) groups is 1. The van der Waals surface area contributed by atoms with E-state index in [1.165, 1.54) is 6.20 Å². The Morgan fingerprint density at radius 2 is 1.90 bits per heavy atom. The van der Waals surface area contributed by atoms with Crippen LogP contribution in [0.5, 0.6) is 0 Å². The first-order chi connectivity index (χ1) is 10.2. The van der Waals surface area contributed by atoms with Gasteiger partial charge in [-0.2, -0.15) is 5.10 Å². The Kier molecular flexibility index (Phi) is 3.62. The number of para-hydroxylation sites is 1. The predicted octanol–water partition coefficient (Wildman–Crippen LogP) is 1.28. The van der Waals surface area contributed by atoms with E-state index in [1.807, 2.05) is 30.3 Å². The van der Waals surface area contributed by atoms with Crippen LogP contribution in [0.3, 0.4) is 0 Å². The van der Waals surface area contributed by atoms with Crippen LogP contribution in [0.15, 0.2) is 41.3 Å². The number of hydrogen-bond acceptors (Lipinski definition) is 4. The lowest BCUT2D eigenvalue weighted by Gasteiger charge is -2.35. The Morgan fingerprint density at radius 3 is 2.62 bits per heavy atom. The molecule has 0 bridgehead atoms. The molecule has 1 fully saturated rings. The fourth-order valence-electron chi connectivity index (χ4n) is 2.35. The normalized spacial score (nSPS) is 15.4. The van der Waals surface area contributed by atoms with Crippen LogP contribution in [0.1, 0.15) is 0 Å². The van der Waals surface area contributed by atoms with E-state index in [0.717, 1.165) is 5.69 Å². The lowest BCUT2D eigenvalue weighted by Crippen LogP contribution is -2.51. The monoisotopic (exact) mass is 304 g/mol. The number of nitrogens with one attached hydrogen (secondary N) is 1. The molecule has 6 nitrogen and oxygen atoms in total. The van der Waals surface area contributed by atoms with Crippen LogP contribution < -0.4 is 15.4 Å². The van der Waals surface area contributed by atoms with Crippen LogP contribution in [0, 0.1) is 0 Å². The fourth-order valence-corrected chi connectivity index (χ4v) is 2.56. The minimum atomic E-state index is -0.452. The second-order valence-corrected chi connectivity index (χ2v) is 5.08. The van der Waals surface area contributed by atoms with Gasteiger partial charge in [0.15, 0.2) is 0 Å². The van der Waals surface area contributed by atoms with Gasteiger partial charge in [0.05, 0.1) is 18.4 Å². The van der Waals surface area contributed by atoms with Crippen molar-refractivity contribution >= 4 is 28.9 Å². The number of benzene rings is 1. The maximum absolute atomic E-state index is 12.3. The largest absolute Gasteiger partial charge is 0.358 e. The number of nitrogens with zero attached hydrogens (tertiary/aromatic N) is 3. The summed E-state index contributed by atoms with van der Waals surface area (Å²) < 4.78 is 0. The average Bonchev–Trinajstić information content (AvgIpc) is 2.51. The van der Waals surface area contributed by atoms with Gasteiger partial charge in [-0.05, 0) is 12.1 Å². The molecule has 2 heterocycles. The number of amides is 1. The molecule has 1 amide bonds. The Morgan fingerprint density at radius 1 is 1.14 bits per heavy atom. The van der Waals surface area contributed by atoms with E-state index in [9.17, 15) is 9.59 Å². The average molecular weight is 305 g/mol. The highest BCUT2D eigenvalue weighted by molar-refractivity contribution is 6.33. The van der Waals surface area contributed by atoms with Crippen LogP contribution in [0.25, 0.3) is 0 Å². The summed E-state index contributed by atoms with van der Waals surface area (Å²) in [6.45, 7) is 1.29. The summed E-state index contributed by atoms with van der Waals surface area (Å²) in [5.41, 5.74) is 0.908. The molecule has 1 aliphatic rings. The van der Waals surface area contributed by atoms with Gasteiger partial charge in [-0.25, -0.2) is 5.10 Å². The van der Waals surface area contributed by atoms with Gasteiger partial charge < -0.3 is 9.80 Å². The molecule has 0 unspecified atom stereocenters. The predicted molar refractivity (Wildman–Crippen MR) is 80.9 cm³/mol. The summed E-state index contributed by atoms with van der Waals surface area (Å²) in [6, 6.07) is 9.50. The van der Waals surface area contributed by atoms with Crippen molar-refractivity contribution in [3.05, 3.63) is 51.9 Å². The maximum Gasteiger partial charge on any atom is 0.285 e. The van der Waals surface area contributed by atoms with Crippen LogP contribution in [0.2, 0.25) is 5.02 Å². The van der Waals surface area contributed by atoms with Crippen molar-refractivity contribution in [2.24, 2.45) is 0 Å². The third kappa shape index (κ3) is 2.62. The molecule has 2 aromatic rings. The first kappa shape index (κ1) is 13.6. The molecule has 1 saturated heterocycles. The summed E-state index contributed by atoms with van der Waals surface area (Å²) in [4.78, 5) is 27.3. The Hall–Kier alpha value is -2.34. The quantitative estimate of drug-likeness (QED) is 0.907. The van der Waals surface area contributed by atoms with E-state index in [1.54, 1.807) is 9.80 Å². The van der Waals surface area contributed by atoms with Gasteiger partial charge in [0, 0.05) is 18.8 Å². The van der Waals surface area contributed by atoms with Gasteiger partial charge in [0.2, 0.25) is 5.91 Å². The van der Waals surface area contributed by atoms with Crippen molar-refractivity contribution < 1.29 is 4.79 Å². The van der Waals surface area contributed by atoms with Crippen molar-refractivity contribution in [3.63, 3.8) is 0 Å². The Bertz CT molecular complexity index is 716. The SMILES string of the molecule is O=C1CN(c2cn[nH]c(=O)c2Cl)CCN1c1ccccc1. The molecular weight excluding hydrogens is 292 g/mol. The van der Waals surface area contributed by atoms with E-state index in [2.05, 4.69) is 10.2 Å². The van der Waals surface area contributed by atoms with E-state index in [0.29, 0.717) is 18.8 Å². The van der Waals surface area contributed by atoms with Crippen molar-refractivity contribution in [3.8, 4) is 0 Å². The zero-order chi connectivity index (χ0) is 14.8. The molecule has 1 N–H and O–H groups in total. The highest BCUT2D eigenvalue weighted by atomic mass is 35.5. The van der Waals surface area contributed by atoms with E-state index >= 15 is 0 Å². The summed E-state index contributed by atoms with van der Waals surface area (Å²) in [5, 5.41) is 6.06. The van der Waals surface area contributed by atoms with Crippen molar-refractivity contribution in [2.75, 3.05) is 29.4 Å². The molecule has 1 aromatic carbocycles. The van der Waals surface area contributed by atoms with Crippen LogP contribution in [0.4, 0.5) is 11.4 Å². The number of aromatic nitrogens is 2. The Balaban J connectivity index is 1.82. The molecule has 0 spiro atoms. The van der Waals surface area contributed by atoms with Crippen LogP contribution in [-0.4, -0.2) is 35.7 Å². The third-order valence-electron chi connectivity index (χ3n) is 3.41. The van der Waals surface area contributed by atoms with Gasteiger partial charge in [-0.15, -0.1) is 0 Å². The first-order valence-electron chi connectivity index (χ1n) is 6.50. The number of halogens is 1. The van der Waals surface area contributed by atoms with Gasteiger partial charge in [0.1, 0.15) is 5.02 Å². The minimum Gasteiger partial charge on any atom is -0.358 e. The maximum atomic E-state index is 12.3. The molecule has 108 valence electrons. The number of piperazine rings is 1. The van der Waals surface area contributed by atoms with Crippen LogP contribution in [-0.2, 0) is 4.79 Å². The molecule has 1 aromatic heterocycles. The molecule has 0 saturated carbocycles. The van der Waals surface area contributed by atoms with Gasteiger partial charge in [-0.3, -0.25) is 9.59 Å². The standard InChI is InChI=1S/C14H13ClN4O2/c15-13-11(8-16-17-14(13)21)18-6-7-19(12(20)9-18)10-4-2-1-3-5-10/h1-5,8H,6-7,9H2,(H,17,21). The summed E-state index contributed by atoms with van der Waals surface area (Å²) in [7, 11) is 0. The van der Waals surface area contributed by atoms with Crippen molar-refractivity contribution in [1.82, 2.24) is 10.2 Å². The Labute approximate surface area is 125 Å². The number of anilines is 2. The number of carbonyl (C=O) groups excluding carboxylic acids is 1.